The first-order valence-electron chi connectivity index (χ1n) is 10.8. The molecule has 0 saturated carbocycles. The fraction of sp³-hybridized carbons (Fsp3) is 0.455. The molecule has 2 unspecified atom stereocenters. The minimum atomic E-state index is -3.96. The van der Waals surface area contributed by atoms with Crippen molar-refractivity contribution in [3.8, 4) is 0 Å². The number of rotatable bonds is 6. The lowest BCUT2D eigenvalue weighted by Gasteiger charge is -2.25. The first-order valence-corrected chi connectivity index (χ1v) is 12.3. The number of sulfonamides is 1. The van der Waals surface area contributed by atoms with Crippen LogP contribution in [0.25, 0.3) is 0 Å². The summed E-state index contributed by atoms with van der Waals surface area (Å²) in [5, 5.41) is 9.08. The number of fused-ring (bicyclic) bond motifs is 2. The maximum atomic E-state index is 13.0. The first kappa shape index (κ1) is 24.6. The van der Waals surface area contributed by atoms with Crippen molar-refractivity contribution < 1.29 is 27.3 Å². The molecule has 0 aliphatic carbocycles. The van der Waals surface area contributed by atoms with Crippen LogP contribution in [0.1, 0.15) is 38.1 Å². The van der Waals surface area contributed by atoms with E-state index in [4.69, 9.17) is 4.52 Å². The van der Waals surface area contributed by atoms with Gasteiger partial charge < -0.3 is 15.2 Å². The number of ketones is 1. The third-order valence-corrected chi connectivity index (χ3v) is 6.79. The lowest BCUT2D eigenvalue weighted by atomic mass is 10.0. The number of carbonyl (C=O) groups is 3. The lowest BCUT2D eigenvalue weighted by molar-refractivity contribution is -0.140. The number of nitrogens with zero attached hydrogens (tertiary/aromatic N) is 1. The fourth-order valence-electron chi connectivity index (χ4n) is 3.48. The van der Waals surface area contributed by atoms with Gasteiger partial charge in [-0.3, -0.25) is 14.4 Å². The smallest absolute Gasteiger partial charge is 0.289 e. The van der Waals surface area contributed by atoms with Gasteiger partial charge in [0.05, 0.1) is 16.6 Å². The number of nitrogens with one attached hydrogen (secondary N) is 3. The SMILES string of the molecule is CC(C)C(NS(=O)(=O)c1ccccc1)C(=O)NC1CCCc2cc(on2)CCNC(=O)C1=O. The summed E-state index contributed by atoms with van der Waals surface area (Å²) in [7, 11) is -3.96. The second-order valence-corrected chi connectivity index (χ2v) is 9.98. The molecule has 0 spiro atoms. The molecule has 10 nitrogen and oxygen atoms in total. The number of amides is 2. The van der Waals surface area contributed by atoms with Crippen LogP contribution in [0.5, 0.6) is 0 Å². The van der Waals surface area contributed by atoms with Crippen molar-refractivity contribution in [2.75, 3.05) is 6.54 Å². The summed E-state index contributed by atoms with van der Waals surface area (Å²) in [6.07, 6.45) is 1.56. The van der Waals surface area contributed by atoms with Crippen molar-refractivity contribution in [2.24, 2.45) is 5.92 Å². The Labute approximate surface area is 192 Å². The molecule has 0 radical (unpaired) electrons. The Kier molecular flexibility index (Phi) is 7.98. The number of aryl methyl sites for hydroxylation is 1. The molecule has 1 aromatic carbocycles. The van der Waals surface area contributed by atoms with Crippen molar-refractivity contribution >= 4 is 27.6 Å². The third-order valence-electron chi connectivity index (χ3n) is 5.33. The Balaban J connectivity index is 1.75. The Morgan fingerprint density at radius 3 is 2.61 bits per heavy atom. The minimum Gasteiger partial charge on any atom is -0.361 e. The lowest BCUT2D eigenvalue weighted by Crippen LogP contribution is -2.55. The van der Waals surface area contributed by atoms with E-state index in [9.17, 15) is 22.8 Å². The van der Waals surface area contributed by atoms with Gasteiger partial charge in [-0.25, -0.2) is 8.42 Å². The van der Waals surface area contributed by atoms with E-state index in [-0.39, 0.29) is 17.9 Å². The monoisotopic (exact) mass is 476 g/mol. The topological polar surface area (TPSA) is 147 Å². The second-order valence-electron chi connectivity index (χ2n) is 8.26. The van der Waals surface area contributed by atoms with Crippen LogP contribution >= 0.6 is 0 Å². The maximum absolute atomic E-state index is 13.0. The van der Waals surface area contributed by atoms with Gasteiger partial charge in [0.2, 0.25) is 21.7 Å². The molecule has 2 aromatic rings. The quantitative estimate of drug-likeness (QED) is 0.521. The van der Waals surface area contributed by atoms with Crippen molar-refractivity contribution in [1.29, 1.82) is 0 Å². The van der Waals surface area contributed by atoms with Crippen molar-refractivity contribution in [2.45, 2.75) is 56.5 Å². The first-order chi connectivity index (χ1) is 15.7. The van der Waals surface area contributed by atoms with Crippen LogP contribution in [-0.4, -0.2) is 49.8 Å². The van der Waals surface area contributed by atoms with E-state index in [1.807, 2.05) is 0 Å². The Hall–Kier alpha value is -3.05. The molecule has 3 rings (SSSR count). The molecule has 1 aromatic heterocycles. The zero-order valence-electron chi connectivity index (χ0n) is 18.5. The van der Waals surface area contributed by atoms with Crippen LogP contribution < -0.4 is 15.4 Å². The van der Waals surface area contributed by atoms with Gasteiger partial charge in [-0.15, -0.1) is 0 Å². The molecule has 2 bridgehead atoms. The van der Waals surface area contributed by atoms with E-state index in [0.29, 0.717) is 25.0 Å². The van der Waals surface area contributed by atoms with Crippen molar-refractivity contribution in [1.82, 2.24) is 20.5 Å². The molecule has 33 heavy (non-hydrogen) atoms. The average molecular weight is 477 g/mol. The van der Waals surface area contributed by atoms with Crippen LogP contribution in [0.2, 0.25) is 0 Å². The summed E-state index contributed by atoms with van der Waals surface area (Å²) in [6, 6.07) is 7.28. The van der Waals surface area contributed by atoms with Gasteiger partial charge in [0.15, 0.2) is 0 Å². The molecular formula is C22H28N4O6S. The number of benzene rings is 1. The van der Waals surface area contributed by atoms with E-state index < -0.39 is 45.6 Å². The highest BCUT2D eigenvalue weighted by Gasteiger charge is 2.33. The van der Waals surface area contributed by atoms with Gasteiger partial charge in [0.25, 0.3) is 5.91 Å². The van der Waals surface area contributed by atoms with E-state index in [0.717, 1.165) is 5.69 Å². The van der Waals surface area contributed by atoms with Crippen LogP contribution in [0.15, 0.2) is 45.8 Å². The number of hydrogen-bond acceptors (Lipinski definition) is 7. The van der Waals surface area contributed by atoms with Gasteiger partial charge >= 0.3 is 0 Å². The predicted octanol–water partition coefficient (Wildman–Crippen LogP) is 0.727. The predicted molar refractivity (Wildman–Crippen MR) is 118 cm³/mol. The van der Waals surface area contributed by atoms with Gasteiger partial charge in [-0.1, -0.05) is 37.2 Å². The Morgan fingerprint density at radius 2 is 1.91 bits per heavy atom. The number of aromatic nitrogens is 1. The number of Topliss-reactive ketones (excluding diaryl/α,β-unsaturated/α-hetero) is 1. The normalized spacial score (nSPS) is 18.7. The van der Waals surface area contributed by atoms with E-state index in [1.165, 1.54) is 12.1 Å². The molecule has 0 fully saturated rings. The van der Waals surface area contributed by atoms with Gasteiger partial charge in [-0.05, 0) is 37.3 Å². The molecule has 2 amide bonds. The molecule has 2 atom stereocenters. The minimum absolute atomic E-state index is 0.0249. The van der Waals surface area contributed by atoms with Gasteiger partial charge in [0, 0.05) is 19.0 Å². The van der Waals surface area contributed by atoms with Crippen molar-refractivity contribution in [3.63, 3.8) is 0 Å². The van der Waals surface area contributed by atoms with Crippen LogP contribution in [0.4, 0.5) is 0 Å². The fourth-order valence-corrected chi connectivity index (χ4v) is 4.85. The van der Waals surface area contributed by atoms with E-state index in [1.54, 1.807) is 38.1 Å². The second kappa shape index (κ2) is 10.7. The molecule has 1 aliphatic heterocycles. The summed E-state index contributed by atoms with van der Waals surface area (Å²) < 4.78 is 33.1. The molecule has 1 aliphatic rings. The summed E-state index contributed by atoms with van der Waals surface area (Å²) >= 11 is 0. The molecule has 2 heterocycles. The molecule has 3 N–H and O–H groups in total. The summed E-state index contributed by atoms with van der Waals surface area (Å²) in [5.41, 5.74) is 0.727. The molecule has 0 saturated heterocycles. The third kappa shape index (κ3) is 6.48. The largest absolute Gasteiger partial charge is 0.361 e. The maximum Gasteiger partial charge on any atom is 0.289 e. The molecule has 178 valence electrons. The van der Waals surface area contributed by atoms with Gasteiger partial charge in [0.1, 0.15) is 11.8 Å². The standard InChI is InChI=1S/C22H28N4O6S/c1-14(2)19(26-33(30,31)17-8-4-3-5-9-17)21(28)24-18-10-6-7-15-13-16(32-25-15)11-12-23-22(29)20(18)27/h3-5,8-9,13-14,18-19,26H,6-7,10-12H2,1-2H3,(H,23,29)(H,24,28). The average Bonchev–Trinajstić information content (AvgIpc) is 3.23. The highest BCUT2D eigenvalue weighted by Crippen LogP contribution is 2.14. The zero-order chi connectivity index (χ0) is 24.0. The summed E-state index contributed by atoms with van der Waals surface area (Å²) in [6.45, 7) is 3.57. The zero-order valence-corrected chi connectivity index (χ0v) is 19.4. The van der Waals surface area contributed by atoms with E-state index >= 15 is 0 Å². The van der Waals surface area contributed by atoms with Gasteiger partial charge in [-0.2, -0.15) is 4.72 Å². The number of carbonyl (C=O) groups excluding carboxylic acids is 3. The van der Waals surface area contributed by atoms with Crippen molar-refractivity contribution in [3.05, 3.63) is 47.9 Å². The number of hydrogen-bond donors (Lipinski definition) is 3. The van der Waals surface area contributed by atoms with Crippen LogP contribution in [0, 0.1) is 5.92 Å². The summed E-state index contributed by atoms with van der Waals surface area (Å²) in [4.78, 5) is 38.1. The molecule has 11 heteroatoms. The Bertz CT molecular complexity index is 1100. The molecular weight excluding hydrogens is 448 g/mol. The highest BCUT2D eigenvalue weighted by atomic mass is 32.2. The highest BCUT2D eigenvalue weighted by molar-refractivity contribution is 7.89. The Morgan fingerprint density at radius 1 is 1.18 bits per heavy atom. The van der Waals surface area contributed by atoms with E-state index in [2.05, 4.69) is 20.5 Å². The summed E-state index contributed by atoms with van der Waals surface area (Å²) in [5.74, 6) is -2.06. The van der Waals surface area contributed by atoms with Crippen LogP contribution in [0.3, 0.4) is 0 Å². The van der Waals surface area contributed by atoms with Crippen LogP contribution in [-0.2, 0) is 37.2 Å².